The average molecular weight is 190 g/mol. The minimum atomic E-state index is -2.58. The second-order valence-corrected chi connectivity index (χ2v) is 2.90. The number of rotatable bonds is 4. The number of amides is 1. The van der Waals surface area contributed by atoms with Crippen molar-refractivity contribution in [2.24, 2.45) is 5.41 Å². The smallest absolute Gasteiger partial charge is 0.255 e. The van der Waals surface area contributed by atoms with Crippen LogP contribution in [0.2, 0.25) is 0 Å². The van der Waals surface area contributed by atoms with Crippen molar-refractivity contribution in [2.75, 3.05) is 6.54 Å². The van der Waals surface area contributed by atoms with Gasteiger partial charge in [-0.25, -0.2) is 8.78 Å². The fourth-order valence-electron chi connectivity index (χ4n) is 0.655. The van der Waals surface area contributed by atoms with Crippen molar-refractivity contribution in [3.63, 3.8) is 0 Å². The molecule has 0 aliphatic rings. The van der Waals surface area contributed by atoms with Crippen LogP contribution in [0.3, 0.4) is 0 Å². The van der Waals surface area contributed by atoms with Crippen molar-refractivity contribution in [3.8, 4) is 6.07 Å². The van der Waals surface area contributed by atoms with Crippen LogP contribution in [-0.4, -0.2) is 18.9 Å². The third-order valence-electron chi connectivity index (χ3n) is 1.87. The molecule has 0 fully saturated rings. The summed E-state index contributed by atoms with van der Waals surface area (Å²) in [7, 11) is 0. The SMILES string of the molecule is CCC(C)(C#N)C(=O)NCC(F)F. The third-order valence-corrected chi connectivity index (χ3v) is 1.87. The highest BCUT2D eigenvalue weighted by Crippen LogP contribution is 2.19. The Morgan fingerprint density at radius 2 is 2.23 bits per heavy atom. The molecule has 0 saturated heterocycles. The van der Waals surface area contributed by atoms with Crippen molar-refractivity contribution in [1.29, 1.82) is 5.26 Å². The molecule has 0 rings (SSSR count). The summed E-state index contributed by atoms with van der Waals surface area (Å²) in [6.45, 7) is 2.38. The lowest BCUT2D eigenvalue weighted by Gasteiger charge is -2.18. The van der Waals surface area contributed by atoms with Gasteiger partial charge in [0.1, 0.15) is 5.41 Å². The maximum Gasteiger partial charge on any atom is 0.255 e. The largest absolute Gasteiger partial charge is 0.349 e. The number of carbonyl (C=O) groups excluding carboxylic acids is 1. The van der Waals surface area contributed by atoms with Crippen molar-refractivity contribution in [2.45, 2.75) is 26.7 Å². The van der Waals surface area contributed by atoms with Crippen LogP contribution in [0.1, 0.15) is 20.3 Å². The van der Waals surface area contributed by atoms with Gasteiger partial charge >= 0.3 is 0 Å². The molecule has 3 nitrogen and oxygen atoms in total. The van der Waals surface area contributed by atoms with E-state index in [1.54, 1.807) is 13.0 Å². The Hall–Kier alpha value is -1.18. The third kappa shape index (κ3) is 3.36. The van der Waals surface area contributed by atoms with Crippen LogP contribution < -0.4 is 5.32 Å². The minimum absolute atomic E-state index is 0.304. The van der Waals surface area contributed by atoms with E-state index >= 15 is 0 Å². The number of nitriles is 1. The number of halogens is 2. The maximum absolute atomic E-state index is 11.7. The predicted octanol–water partition coefficient (Wildman–Crippen LogP) is 1.31. The van der Waals surface area contributed by atoms with E-state index in [1.807, 2.05) is 5.32 Å². The molecule has 13 heavy (non-hydrogen) atoms. The first-order chi connectivity index (χ1) is 5.96. The summed E-state index contributed by atoms with van der Waals surface area (Å²) in [4.78, 5) is 11.2. The van der Waals surface area contributed by atoms with Gasteiger partial charge in [-0.1, -0.05) is 6.92 Å². The summed E-state index contributed by atoms with van der Waals surface area (Å²) < 4.78 is 23.4. The van der Waals surface area contributed by atoms with E-state index in [9.17, 15) is 13.6 Å². The van der Waals surface area contributed by atoms with E-state index in [2.05, 4.69) is 0 Å². The van der Waals surface area contributed by atoms with Gasteiger partial charge < -0.3 is 5.32 Å². The summed E-state index contributed by atoms with van der Waals surface area (Å²) in [5.74, 6) is -0.641. The van der Waals surface area contributed by atoms with Crippen molar-refractivity contribution in [1.82, 2.24) is 5.32 Å². The number of nitrogens with zero attached hydrogens (tertiary/aromatic N) is 1. The summed E-state index contributed by atoms with van der Waals surface area (Å²) >= 11 is 0. The first-order valence-electron chi connectivity index (χ1n) is 3.94. The van der Waals surface area contributed by atoms with E-state index in [4.69, 9.17) is 5.26 Å². The quantitative estimate of drug-likeness (QED) is 0.726. The molecule has 1 atom stereocenters. The molecule has 74 valence electrons. The predicted molar refractivity (Wildman–Crippen MR) is 43.0 cm³/mol. The molecule has 0 aromatic carbocycles. The van der Waals surface area contributed by atoms with Crippen LogP contribution in [0.5, 0.6) is 0 Å². The van der Waals surface area contributed by atoms with Gasteiger partial charge in [0, 0.05) is 0 Å². The van der Waals surface area contributed by atoms with Gasteiger partial charge in [0.25, 0.3) is 6.43 Å². The van der Waals surface area contributed by atoms with E-state index in [0.717, 1.165) is 0 Å². The molecule has 1 unspecified atom stereocenters. The molecule has 0 radical (unpaired) electrons. The van der Waals surface area contributed by atoms with Crippen LogP contribution >= 0.6 is 0 Å². The first kappa shape index (κ1) is 11.8. The molecule has 0 aromatic rings. The van der Waals surface area contributed by atoms with Crippen LogP contribution in [0.4, 0.5) is 8.78 Å². The Kier molecular flexibility index (Phi) is 4.32. The molecule has 1 amide bonds. The summed E-state index contributed by atoms with van der Waals surface area (Å²) in [5, 5.41) is 10.6. The standard InChI is InChI=1S/C8H12F2N2O/c1-3-8(2,5-11)7(13)12-4-6(9)10/h6H,3-4H2,1-2H3,(H,12,13). The van der Waals surface area contributed by atoms with Gasteiger partial charge in [0.05, 0.1) is 12.6 Å². The van der Waals surface area contributed by atoms with E-state index < -0.39 is 24.3 Å². The molecule has 0 aliphatic heterocycles. The van der Waals surface area contributed by atoms with Gasteiger partial charge in [0.2, 0.25) is 5.91 Å². The topological polar surface area (TPSA) is 52.9 Å². The number of hydrogen-bond donors (Lipinski definition) is 1. The Balaban J connectivity index is 4.18. The lowest BCUT2D eigenvalue weighted by atomic mass is 9.88. The molecular weight excluding hydrogens is 178 g/mol. The molecule has 0 heterocycles. The zero-order chi connectivity index (χ0) is 10.5. The summed E-state index contributed by atoms with van der Waals surface area (Å²) in [5.41, 5.74) is -1.20. The van der Waals surface area contributed by atoms with Crippen LogP contribution in [-0.2, 0) is 4.79 Å². The highest BCUT2D eigenvalue weighted by molar-refractivity contribution is 5.84. The normalized spacial score (nSPS) is 14.8. The average Bonchev–Trinajstić information content (AvgIpc) is 2.12. The Morgan fingerprint density at radius 1 is 1.69 bits per heavy atom. The molecule has 0 spiro atoms. The van der Waals surface area contributed by atoms with E-state index in [-0.39, 0.29) is 0 Å². The van der Waals surface area contributed by atoms with Crippen LogP contribution in [0.25, 0.3) is 0 Å². The summed E-state index contributed by atoms with van der Waals surface area (Å²) in [6, 6.07) is 1.79. The van der Waals surface area contributed by atoms with Crippen LogP contribution in [0.15, 0.2) is 0 Å². The zero-order valence-electron chi connectivity index (χ0n) is 7.60. The minimum Gasteiger partial charge on any atom is -0.349 e. The molecule has 0 bridgehead atoms. The highest BCUT2D eigenvalue weighted by atomic mass is 19.3. The molecule has 1 N–H and O–H groups in total. The van der Waals surface area contributed by atoms with Crippen LogP contribution in [0, 0.1) is 16.7 Å². The highest BCUT2D eigenvalue weighted by Gasteiger charge is 2.31. The number of hydrogen-bond acceptors (Lipinski definition) is 2. The van der Waals surface area contributed by atoms with Crippen molar-refractivity contribution < 1.29 is 13.6 Å². The van der Waals surface area contributed by atoms with Crippen molar-refractivity contribution >= 4 is 5.91 Å². The molecular formula is C8H12F2N2O. The Bertz CT molecular complexity index is 225. The zero-order valence-corrected chi connectivity index (χ0v) is 7.60. The molecule has 0 aliphatic carbocycles. The fraction of sp³-hybridized carbons (Fsp3) is 0.750. The van der Waals surface area contributed by atoms with Gasteiger partial charge in [-0.2, -0.15) is 5.26 Å². The Labute approximate surface area is 75.7 Å². The monoisotopic (exact) mass is 190 g/mol. The lowest BCUT2D eigenvalue weighted by Crippen LogP contribution is -2.39. The van der Waals surface area contributed by atoms with E-state index in [0.29, 0.717) is 6.42 Å². The van der Waals surface area contributed by atoms with Gasteiger partial charge in [0.15, 0.2) is 0 Å². The second kappa shape index (κ2) is 4.75. The van der Waals surface area contributed by atoms with Gasteiger partial charge in [-0.15, -0.1) is 0 Å². The van der Waals surface area contributed by atoms with Crippen molar-refractivity contribution in [3.05, 3.63) is 0 Å². The Morgan fingerprint density at radius 3 is 2.54 bits per heavy atom. The second-order valence-electron chi connectivity index (χ2n) is 2.90. The van der Waals surface area contributed by atoms with Gasteiger partial charge in [-0.05, 0) is 13.3 Å². The lowest BCUT2D eigenvalue weighted by molar-refractivity contribution is -0.128. The maximum atomic E-state index is 11.7. The van der Waals surface area contributed by atoms with E-state index in [1.165, 1.54) is 6.92 Å². The molecule has 5 heteroatoms. The fourth-order valence-corrected chi connectivity index (χ4v) is 0.655. The molecule has 0 saturated carbocycles. The first-order valence-corrected chi connectivity index (χ1v) is 3.94. The van der Waals surface area contributed by atoms with Gasteiger partial charge in [-0.3, -0.25) is 4.79 Å². The number of nitrogens with one attached hydrogen (secondary N) is 1. The number of carbonyl (C=O) groups is 1. The number of alkyl halides is 2. The molecule has 0 aromatic heterocycles. The summed E-state index contributed by atoms with van der Waals surface area (Å²) in [6.07, 6.45) is -2.28.